The Morgan fingerprint density at radius 3 is 3.12 bits per heavy atom. The fourth-order valence-electron chi connectivity index (χ4n) is 1.48. The van der Waals surface area contributed by atoms with Crippen molar-refractivity contribution in [1.29, 1.82) is 0 Å². The highest BCUT2D eigenvalue weighted by molar-refractivity contribution is 7.99. The molecule has 0 amide bonds. The van der Waals surface area contributed by atoms with E-state index < -0.39 is 11.5 Å². The number of rotatable bonds is 1. The molecule has 1 aliphatic heterocycles. The highest BCUT2D eigenvalue weighted by atomic mass is 35.5. The maximum Gasteiger partial charge on any atom is 0.337 e. The molecule has 1 unspecified atom stereocenters. The predicted molar refractivity (Wildman–Crippen MR) is 63.7 cm³/mol. The standard InChI is InChI=1S/C11H10ClFO3S/c1-15-11(14)6-4-7(12)10-8(5-6)17-9(13)2-3-16-10/h4-5,9H,2-3H2,1H3. The van der Waals surface area contributed by atoms with Crippen LogP contribution in [0.4, 0.5) is 4.39 Å². The zero-order valence-corrected chi connectivity index (χ0v) is 10.6. The van der Waals surface area contributed by atoms with Crippen molar-refractivity contribution in [2.75, 3.05) is 13.7 Å². The summed E-state index contributed by atoms with van der Waals surface area (Å²) in [7, 11) is 1.28. The van der Waals surface area contributed by atoms with Gasteiger partial charge in [-0.2, -0.15) is 0 Å². The first-order valence-electron chi connectivity index (χ1n) is 4.97. The van der Waals surface area contributed by atoms with E-state index in [2.05, 4.69) is 4.74 Å². The van der Waals surface area contributed by atoms with Crippen LogP contribution in [0.1, 0.15) is 16.8 Å². The summed E-state index contributed by atoms with van der Waals surface area (Å²) in [5, 5.41) is 0.296. The third kappa shape index (κ3) is 2.66. The van der Waals surface area contributed by atoms with E-state index in [1.54, 1.807) is 0 Å². The zero-order valence-electron chi connectivity index (χ0n) is 9.04. The molecule has 3 nitrogen and oxygen atoms in total. The van der Waals surface area contributed by atoms with Crippen LogP contribution in [0.3, 0.4) is 0 Å². The van der Waals surface area contributed by atoms with E-state index >= 15 is 0 Å². The van der Waals surface area contributed by atoms with E-state index in [-0.39, 0.29) is 6.61 Å². The van der Waals surface area contributed by atoms with E-state index in [9.17, 15) is 9.18 Å². The Labute approximate surface area is 107 Å². The van der Waals surface area contributed by atoms with Crippen LogP contribution in [0.5, 0.6) is 5.75 Å². The van der Waals surface area contributed by atoms with Gasteiger partial charge in [-0.3, -0.25) is 0 Å². The molecule has 0 saturated heterocycles. The first kappa shape index (κ1) is 12.5. The van der Waals surface area contributed by atoms with Crippen LogP contribution in [-0.2, 0) is 4.74 Å². The minimum absolute atomic E-state index is 0.276. The summed E-state index contributed by atoms with van der Waals surface area (Å²) in [6.07, 6.45) is 0.295. The van der Waals surface area contributed by atoms with E-state index in [0.29, 0.717) is 27.7 Å². The molecule has 0 fully saturated rings. The number of alkyl halides is 1. The minimum Gasteiger partial charge on any atom is -0.491 e. The molecule has 0 saturated carbocycles. The number of methoxy groups -OCH3 is 1. The van der Waals surface area contributed by atoms with Gasteiger partial charge in [-0.05, 0) is 12.1 Å². The molecular formula is C11H10ClFO3S. The Morgan fingerprint density at radius 1 is 1.65 bits per heavy atom. The van der Waals surface area contributed by atoms with Crippen LogP contribution in [0.2, 0.25) is 5.02 Å². The van der Waals surface area contributed by atoms with Gasteiger partial charge in [0, 0.05) is 6.42 Å². The van der Waals surface area contributed by atoms with Crippen LogP contribution < -0.4 is 4.74 Å². The lowest BCUT2D eigenvalue weighted by molar-refractivity contribution is 0.0600. The number of hydrogen-bond donors (Lipinski definition) is 0. The van der Waals surface area contributed by atoms with Gasteiger partial charge >= 0.3 is 5.97 Å². The maximum atomic E-state index is 13.4. The molecule has 0 N–H and O–H groups in total. The normalized spacial score (nSPS) is 18.9. The number of benzene rings is 1. The first-order valence-corrected chi connectivity index (χ1v) is 6.23. The second-order valence-corrected chi connectivity index (χ2v) is 5.04. The van der Waals surface area contributed by atoms with Gasteiger partial charge in [0.1, 0.15) is 0 Å². The van der Waals surface area contributed by atoms with Crippen LogP contribution in [0.25, 0.3) is 0 Å². The Bertz CT molecular complexity index is 453. The fraction of sp³-hybridized carbons (Fsp3) is 0.364. The summed E-state index contributed by atoms with van der Waals surface area (Å²) in [5.41, 5.74) is -0.762. The molecule has 1 atom stereocenters. The van der Waals surface area contributed by atoms with Gasteiger partial charge in [0.25, 0.3) is 0 Å². The maximum absolute atomic E-state index is 13.4. The molecular weight excluding hydrogens is 267 g/mol. The molecule has 1 aromatic carbocycles. The van der Waals surface area contributed by atoms with Crippen LogP contribution >= 0.6 is 23.4 Å². The summed E-state index contributed by atoms with van der Waals surface area (Å²) in [4.78, 5) is 11.9. The van der Waals surface area contributed by atoms with Crippen molar-refractivity contribution in [1.82, 2.24) is 0 Å². The van der Waals surface area contributed by atoms with Crippen molar-refractivity contribution in [3.8, 4) is 5.75 Å². The highest BCUT2D eigenvalue weighted by Gasteiger charge is 2.22. The monoisotopic (exact) mass is 276 g/mol. The average molecular weight is 277 g/mol. The average Bonchev–Trinajstić information content (AvgIpc) is 2.49. The van der Waals surface area contributed by atoms with Crippen molar-refractivity contribution in [3.63, 3.8) is 0 Å². The van der Waals surface area contributed by atoms with E-state index in [1.165, 1.54) is 19.2 Å². The molecule has 0 aliphatic carbocycles. The molecule has 6 heteroatoms. The second kappa shape index (κ2) is 5.14. The number of halogens is 2. The van der Waals surface area contributed by atoms with Gasteiger partial charge in [0.05, 0.1) is 29.2 Å². The first-order chi connectivity index (χ1) is 8.11. The van der Waals surface area contributed by atoms with E-state index in [4.69, 9.17) is 16.3 Å². The molecule has 0 spiro atoms. The SMILES string of the molecule is COC(=O)c1cc(Cl)c2c(c1)SC(F)CCO2. The second-order valence-electron chi connectivity index (χ2n) is 3.44. The molecule has 1 aliphatic rings. The lowest BCUT2D eigenvalue weighted by Crippen LogP contribution is -2.02. The van der Waals surface area contributed by atoms with Crippen LogP contribution in [0, 0.1) is 0 Å². The zero-order chi connectivity index (χ0) is 12.4. The largest absolute Gasteiger partial charge is 0.491 e. The van der Waals surface area contributed by atoms with Gasteiger partial charge in [-0.15, -0.1) is 0 Å². The molecule has 0 radical (unpaired) electrons. The van der Waals surface area contributed by atoms with Gasteiger partial charge in [0.2, 0.25) is 0 Å². The third-order valence-electron chi connectivity index (χ3n) is 2.28. The van der Waals surface area contributed by atoms with Crippen molar-refractivity contribution >= 4 is 29.3 Å². The molecule has 0 aromatic heterocycles. The van der Waals surface area contributed by atoms with E-state index in [1.807, 2.05) is 0 Å². The van der Waals surface area contributed by atoms with Gasteiger partial charge in [0.15, 0.2) is 11.3 Å². The van der Waals surface area contributed by atoms with Crippen LogP contribution in [-0.4, -0.2) is 25.2 Å². The van der Waals surface area contributed by atoms with Gasteiger partial charge in [-0.25, -0.2) is 9.18 Å². The minimum atomic E-state index is -1.06. The number of esters is 1. The Balaban J connectivity index is 2.44. The van der Waals surface area contributed by atoms with Crippen molar-refractivity contribution < 1.29 is 18.7 Å². The number of carbonyl (C=O) groups excluding carboxylic acids is 1. The molecule has 92 valence electrons. The van der Waals surface area contributed by atoms with Crippen LogP contribution in [0.15, 0.2) is 17.0 Å². The van der Waals surface area contributed by atoms with Crippen molar-refractivity contribution in [2.45, 2.75) is 16.8 Å². The summed E-state index contributed by atoms with van der Waals surface area (Å²) in [6, 6.07) is 3.00. The van der Waals surface area contributed by atoms with E-state index in [0.717, 1.165) is 11.8 Å². The molecule has 2 rings (SSSR count). The third-order valence-corrected chi connectivity index (χ3v) is 3.61. The van der Waals surface area contributed by atoms with Gasteiger partial charge < -0.3 is 9.47 Å². The number of fused-ring (bicyclic) bond motifs is 1. The Morgan fingerprint density at radius 2 is 2.41 bits per heavy atom. The number of carbonyl (C=O) groups is 1. The predicted octanol–water partition coefficient (Wildman–Crippen LogP) is 3.30. The highest BCUT2D eigenvalue weighted by Crippen LogP contribution is 2.42. The summed E-state index contributed by atoms with van der Waals surface area (Å²) in [5.74, 6) is -0.0700. The quantitative estimate of drug-likeness (QED) is 0.738. The van der Waals surface area contributed by atoms with Crippen molar-refractivity contribution in [2.24, 2.45) is 0 Å². The lowest BCUT2D eigenvalue weighted by atomic mass is 10.2. The fourth-order valence-corrected chi connectivity index (χ4v) is 2.77. The summed E-state index contributed by atoms with van der Waals surface area (Å²) < 4.78 is 23.4. The molecule has 0 bridgehead atoms. The number of ether oxygens (including phenoxy) is 2. The molecule has 17 heavy (non-hydrogen) atoms. The summed E-state index contributed by atoms with van der Waals surface area (Å²) in [6.45, 7) is 0.276. The summed E-state index contributed by atoms with van der Waals surface area (Å²) >= 11 is 7.01. The molecule has 1 aromatic rings. The van der Waals surface area contributed by atoms with Gasteiger partial charge in [-0.1, -0.05) is 23.4 Å². The Hall–Kier alpha value is -0.940. The number of thioether (sulfide) groups is 1. The topological polar surface area (TPSA) is 35.5 Å². The Kier molecular flexibility index (Phi) is 3.79. The van der Waals surface area contributed by atoms with Crippen molar-refractivity contribution in [3.05, 3.63) is 22.7 Å². The molecule has 1 heterocycles. The number of hydrogen-bond acceptors (Lipinski definition) is 4. The lowest BCUT2D eigenvalue weighted by Gasteiger charge is -2.10. The smallest absolute Gasteiger partial charge is 0.337 e.